The van der Waals surface area contributed by atoms with Crippen LogP contribution in [0.2, 0.25) is 0 Å². The van der Waals surface area contributed by atoms with Crippen LogP contribution in [0.25, 0.3) is 0 Å². The molecule has 24 heavy (non-hydrogen) atoms. The Morgan fingerprint density at radius 1 is 1.21 bits per heavy atom. The van der Waals surface area contributed by atoms with Gasteiger partial charge in [-0.3, -0.25) is 0 Å². The lowest BCUT2D eigenvalue weighted by Gasteiger charge is -2.21. The van der Waals surface area contributed by atoms with Crippen molar-refractivity contribution < 1.29 is 34.1 Å². The van der Waals surface area contributed by atoms with Crippen molar-refractivity contribution in [1.29, 1.82) is 0 Å². The maximum atomic E-state index is 12.2. The van der Waals surface area contributed by atoms with E-state index in [0.29, 0.717) is 0 Å². The molecular weight excluding hydrogens is 316 g/mol. The summed E-state index contributed by atoms with van der Waals surface area (Å²) in [6.07, 6.45) is -1.90. The first kappa shape index (κ1) is 19.4. The Labute approximate surface area is 139 Å². The van der Waals surface area contributed by atoms with Crippen LogP contribution in [0.1, 0.15) is 41.0 Å². The Balaban J connectivity index is 2.75. The molecule has 7 heteroatoms. The number of aliphatic hydroxyl groups is 1. The summed E-state index contributed by atoms with van der Waals surface area (Å²) in [4.78, 5) is 34.6. The minimum atomic E-state index is -1.26. The Bertz CT molecular complexity index is 634. The van der Waals surface area contributed by atoms with Crippen molar-refractivity contribution in [2.75, 3.05) is 6.61 Å². The van der Waals surface area contributed by atoms with Crippen LogP contribution in [0.15, 0.2) is 36.4 Å². The number of esters is 2. The highest BCUT2D eigenvalue weighted by Gasteiger charge is 2.24. The highest BCUT2D eigenvalue weighted by Crippen LogP contribution is 2.14. The molecule has 0 aliphatic carbocycles. The lowest BCUT2D eigenvalue weighted by atomic mass is 10.1. The number of ether oxygens (including phenoxy) is 2. The summed E-state index contributed by atoms with van der Waals surface area (Å²) in [5, 5.41) is 18.8. The molecule has 7 nitrogen and oxygen atoms in total. The number of aromatic carboxylic acids is 1. The van der Waals surface area contributed by atoms with Crippen LogP contribution in [0.4, 0.5) is 0 Å². The number of carbonyl (C=O) groups excluding carboxylic acids is 2. The van der Waals surface area contributed by atoms with E-state index >= 15 is 0 Å². The quantitative estimate of drug-likeness (QED) is 0.550. The van der Waals surface area contributed by atoms with Crippen molar-refractivity contribution in [3.05, 3.63) is 47.5 Å². The molecule has 130 valence electrons. The summed E-state index contributed by atoms with van der Waals surface area (Å²) in [5.41, 5.74) is -0.0777. The molecule has 1 aromatic carbocycles. The second-order valence-corrected chi connectivity index (χ2v) is 5.24. The predicted molar refractivity (Wildman–Crippen MR) is 84.7 cm³/mol. The normalized spacial score (nSPS) is 12.8. The first-order valence-corrected chi connectivity index (χ1v) is 7.28. The maximum absolute atomic E-state index is 12.2. The first-order valence-electron chi connectivity index (χ1n) is 7.28. The topological polar surface area (TPSA) is 110 Å². The standard InChI is InChI=1S/C17H20O7/c1-10(2)16(21)23-9-8-14(11(3)18)24-17(22)13-7-5-4-6-12(13)15(19)20/h4-7,11,14,18H,1,8-9H2,2-3H3,(H,19,20). The summed E-state index contributed by atoms with van der Waals surface area (Å²) in [6, 6.07) is 5.61. The fraction of sp³-hybridized carbons (Fsp3) is 0.353. The summed E-state index contributed by atoms with van der Waals surface area (Å²) in [6.45, 7) is 6.28. The van der Waals surface area contributed by atoms with Crippen LogP contribution in [-0.2, 0) is 14.3 Å². The SMILES string of the molecule is C=C(C)C(=O)OCCC(OC(=O)c1ccccc1C(=O)O)C(C)O. The molecule has 0 spiro atoms. The van der Waals surface area contributed by atoms with Gasteiger partial charge >= 0.3 is 17.9 Å². The van der Waals surface area contributed by atoms with Gasteiger partial charge in [0.25, 0.3) is 0 Å². The molecule has 0 amide bonds. The zero-order chi connectivity index (χ0) is 18.3. The monoisotopic (exact) mass is 336 g/mol. The number of benzene rings is 1. The molecule has 0 saturated heterocycles. The summed E-state index contributed by atoms with van der Waals surface area (Å²) < 4.78 is 10.1. The van der Waals surface area contributed by atoms with Crippen LogP contribution >= 0.6 is 0 Å². The zero-order valence-electron chi connectivity index (χ0n) is 13.5. The van der Waals surface area contributed by atoms with Gasteiger partial charge in [0.05, 0.1) is 23.8 Å². The van der Waals surface area contributed by atoms with Crippen LogP contribution in [0.5, 0.6) is 0 Å². The van der Waals surface area contributed by atoms with Gasteiger partial charge in [0.1, 0.15) is 6.10 Å². The Morgan fingerprint density at radius 3 is 2.29 bits per heavy atom. The van der Waals surface area contributed by atoms with E-state index in [9.17, 15) is 19.5 Å². The molecule has 0 aliphatic rings. The van der Waals surface area contributed by atoms with Crippen molar-refractivity contribution in [2.45, 2.75) is 32.5 Å². The minimum absolute atomic E-state index is 0.0671. The Morgan fingerprint density at radius 2 is 1.79 bits per heavy atom. The van der Waals surface area contributed by atoms with Crippen LogP contribution < -0.4 is 0 Å². The molecule has 0 saturated carbocycles. The van der Waals surface area contributed by atoms with E-state index < -0.39 is 30.1 Å². The van der Waals surface area contributed by atoms with Gasteiger partial charge in [0, 0.05) is 12.0 Å². The van der Waals surface area contributed by atoms with Gasteiger partial charge in [-0.1, -0.05) is 18.7 Å². The summed E-state index contributed by atoms with van der Waals surface area (Å²) >= 11 is 0. The van der Waals surface area contributed by atoms with Gasteiger partial charge in [-0.15, -0.1) is 0 Å². The maximum Gasteiger partial charge on any atom is 0.339 e. The fourth-order valence-electron chi connectivity index (χ4n) is 1.84. The second-order valence-electron chi connectivity index (χ2n) is 5.24. The summed E-state index contributed by atoms with van der Waals surface area (Å²) in [7, 11) is 0. The number of aliphatic hydroxyl groups excluding tert-OH is 1. The van der Waals surface area contributed by atoms with E-state index in [-0.39, 0.29) is 29.7 Å². The highest BCUT2D eigenvalue weighted by molar-refractivity contribution is 6.02. The third-order valence-corrected chi connectivity index (χ3v) is 3.16. The van der Waals surface area contributed by atoms with Gasteiger partial charge < -0.3 is 19.7 Å². The van der Waals surface area contributed by atoms with Crippen LogP contribution in [0, 0.1) is 0 Å². The molecule has 0 bridgehead atoms. The molecule has 1 aromatic rings. The average Bonchev–Trinajstić information content (AvgIpc) is 2.53. The van der Waals surface area contributed by atoms with E-state index in [2.05, 4.69) is 6.58 Å². The molecule has 1 rings (SSSR count). The molecular formula is C17H20O7. The second kappa shape index (κ2) is 8.83. The van der Waals surface area contributed by atoms with E-state index in [1.165, 1.54) is 38.1 Å². The highest BCUT2D eigenvalue weighted by atomic mass is 16.6. The van der Waals surface area contributed by atoms with Gasteiger partial charge in [0.2, 0.25) is 0 Å². The lowest BCUT2D eigenvalue weighted by molar-refractivity contribution is -0.140. The number of carboxylic acid groups (broad SMARTS) is 1. The molecule has 0 heterocycles. The fourth-order valence-corrected chi connectivity index (χ4v) is 1.84. The van der Waals surface area contributed by atoms with Gasteiger partial charge in [-0.25, -0.2) is 14.4 Å². The van der Waals surface area contributed by atoms with Crippen molar-refractivity contribution in [3.63, 3.8) is 0 Å². The smallest absolute Gasteiger partial charge is 0.339 e. The lowest BCUT2D eigenvalue weighted by Crippen LogP contribution is -2.31. The Kier molecular flexibility index (Phi) is 7.13. The van der Waals surface area contributed by atoms with Crippen molar-refractivity contribution in [2.24, 2.45) is 0 Å². The first-order chi connectivity index (χ1) is 11.2. The van der Waals surface area contributed by atoms with E-state index in [4.69, 9.17) is 14.6 Å². The third-order valence-electron chi connectivity index (χ3n) is 3.16. The van der Waals surface area contributed by atoms with Crippen molar-refractivity contribution in [3.8, 4) is 0 Å². The van der Waals surface area contributed by atoms with Crippen LogP contribution in [0.3, 0.4) is 0 Å². The van der Waals surface area contributed by atoms with Gasteiger partial charge in [-0.2, -0.15) is 0 Å². The molecule has 2 unspecified atom stereocenters. The van der Waals surface area contributed by atoms with E-state index in [1.54, 1.807) is 0 Å². The number of carbonyl (C=O) groups is 3. The number of hydrogen-bond acceptors (Lipinski definition) is 6. The van der Waals surface area contributed by atoms with Gasteiger partial charge in [0.15, 0.2) is 0 Å². The van der Waals surface area contributed by atoms with Crippen molar-refractivity contribution >= 4 is 17.9 Å². The molecule has 0 fully saturated rings. The zero-order valence-corrected chi connectivity index (χ0v) is 13.5. The molecule has 0 radical (unpaired) electrons. The van der Waals surface area contributed by atoms with Crippen LogP contribution in [-0.4, -0.2) is 46.9 Å². The molecule has 0 aliphatic heterocycles. The predicted octanol–water partition coefficient (Wildman–Crippen LogP) is 1.80. The number of rotatable bonds is 8. The molecule has 0 aromatic heterocycles. The minimum Gasteiger partial charge on any atom is -0.478 e. The largest absolute Gasteiger partial charge is 0.478 e. The number of hydrogen-bond donors (Lipinski definition) is 2. The van der Waals surface area contributed by atoms with Crippen molar-refractivity contribution in [1.82, 2.24) is 0 Å². The molecule has 2 N–H and O–H groups in total. The summed E-state index contributed by atoms with van der Waals surface area (Å²) in [5.74, 6) is -2.71. The molecule has 2 atom stereocenters. The van der Waals surface area contributed by atoms with Gasteiger partial charge in [-0.05, 0) is 26.0 Å². The van der Waals surface area contributed by atoms with E-state index in [1.807, 2.05) is 0 Å². The Hall–Kier alpha value is -2.67. The van der Waals surface area contributed by atoms with E-state index in [0.717, 1.165) is 0 Å². The average molecular weight is 336 g/mol. The third kappa shape index (κ3) is 5.51. The number of carboxylic acids is 1.